The second-order valence-electron chi connectivity index (χ2n) is 10.2. The molecule has 3 aromatic rings. The number of benzene rings is 3. The largest absolute Gasteiger partial charge is 0.494 e. The Hall–Kier alpha value is -3.76. The molecule has 0 fully saturated rings. The molecule has 216 valence electrons. The highest BCUT2D eigenvalue weighted by Crippen LogP contribution is 2.35. The first-order chi connectivity index (χ1) is 19.8. The van der Waals surface area contributed by atoms with Gasteiger partial charge in [-0.1, -0.05) is 43.2 Å². The van der Waals surface area contributed by atoms with Crippen molar-refractivity contribution in [1.82, 2.24) is 0 Å². The maximum absolute atomic E-state index is 11.8. The average molecular weight is 575 g/mol. The third-order valence-electron chi connectivity index (χ3n) is 7.35. The van der Waals surface area contributed by atoms with Crippen LogP contribution in [0.5, 0.6) is 11.5 Å². The molecule has 1 unspecified atom stereocenters. The van der Waals surface area contributed by atoms with E-state index < -0.39 is 9.84 Å². The Morgan fingerprint density at radius 1 is 0.927 bits per heavy atom. The molecule has 0 radical (unpaired) electrons. The lowest BCUT2D eigenvalue weighted by Crippen LogP contribution is -2.11. The summed E-state index contributed by atoms with van der Waals surface area (Å²) in [6.45, 7) is 4.25. The molecular formula is C34H38O6S. The maximum Gasteiger partial charge on any atom is 0.307 e. The van der Waals surface area contributed by atoms with E-state index in [2.05, 4.69) is 42.2 Å². The van der Waals surface area contributed by atoms with Crippen LogP contribution in [0.3, 0.4) is 0 Å². The monoisotopic (exact) mass is 574 g/mol. The Morgan fingerprint density at radius 3 is 2.41 bits per heavy atom. The fourth-order valence-electron chi connectivity index (χ4n) is 5.03. The summed E-state index contributed by atoms with van der Waals surface area (Å²) >= 11 is 0. The highest BCUT2D eigenvalue weighted by Gasteiger charge is 2.17. The predicted octanol–water partition coefficient (Wildman–Crippen LogP) is 6.29. The van der Waals surface area contributed by atoms with Gasteiger partial charge in [0, 0.05) is 5.75 Å². The maximum atomic E-state index is 11.8. The van der Waals surface area contributed by atoms with E-state index in [9.17, 15) is 13.2 Å². The topological polar surface area (TPSA) is 78.9 Å². The van der Waals surface area contributed by atoms with Gasteiger partial charge in [-0.2, -0.15) is 0 Å². The first kappa shape index (κ1) is 30.2. The molecule has 0 aromatic heterocycles. The zero-order valence-corrected chi connectivity index (χ0v) is 24.9. The van der Waals surface area contributed by atoms with E-state index in [-0.39, 0.29) is 29.8 Å². The van der Waals surface area contributed by atoms with Gasteiger partial charge in [0.05, 0.1) is 31.8 Å². The molecule has 0 spiro atoms. The molecule has 0 aliphatic heterocycles. The molecule has 0 heterocycles. The quantitative estimate of drug-likeness (QED) is 0.144. The number of carbonyl (C=O) groups is 1. The minimum absolute atomic E-state index is 0.153. The van der Waals surface area contributed by atoms with Crippen molar-refractivity contribution in [2.45, 2.75) is 58.5 Å². The molecule has 1 aliphatic carbocycles. The van der Waals surface area contributed by atoms with Crippen molar-refractivity contribution in [1.29, 1.82) is 0 Å². The smallest absolute Gasteiger partial charge is 0.307 e. The summed E-state index contributed by atoms with van der Waals surface area (Å²) in [6, 6.07) is 20.5. The van der Waals surface area contributed by atoms with Crippen molar-refractivity contribution in [2.24, 2.45) is 0 Å². The Balaban J connectivity index is 1.42. The molecule has 6 nitrogen and oxygen atoms in total. The summed E-state index contributed by atoms with van der Waals surface area (Å²) in [4.78, 5) is 11.8. The van der Waals surface area contributed by atoms with Crippen LogP contribution in [0.15, 0.2) is 60.7 Å². The molecule has 7 heteroatoms. The molecule has 41 heavy (non-hydrogen) atoms. The van der Waals surface area contributed by atoms with Crippen LogP contribution in [-0.4, -0.2) is 39.6 Å². The summed E-state index contributed by atoms with van der Waals surface area (Å²) in [5.74, 6) is 7.33. The highest BCUT2D eigenvalue weighted by molar-refractivity contribution is 7.91. The van der Waals surface area contributed by atoms with Gasteiger partial charge in [-0.15, -0.1) is 5.92 Å². The zero-order chi connectivity index (χ0) is 29.2. The van der Waals surface area contributed by atoms with Gasteiger partial charge in [0.25, 0.3) is 0 Å². The van der Waals surface area contributed by atoms with Crippen LogP contribution in [0.4, 0.5) is 0 Å². The Bertz CT molecular complexity index is 1510. The molecule has 1 atom stereocenters. The number of rotatable bonds is 12. The molecule has 3 aromatic carbocycles. The van der Waals surface area contributed by atoms with E-state index in [4.69, 9.17) is 14.2 Å². The normalized spacial score (nSPS) is 13.0. The van der Waals surface area contributed by atoms with Crippen molar-refractivity contribution in [3.8, 4) is 34.5 Å². The predicted molar refractivity (Wildman–Crippen MR) is 162 cm³/mol. The van der Waals surface area contributed by atoms with Crippen LogP contribution in [0.1, 0.15) is 61.3 Å². The summed E-state index contributed by atoms with van der Waals surface area (Å²) < 4.78 is 40.3. The van der Waals surface area contributed by atoms with Crippen LogP contribution in [0, 0.1) is 11.8 Å². The van der Waals surface area contributed by atoms with Crippen molar-refractivity contribution >= 4 is 15.8 Å². The third-order valence-corrected chi connectivity index (χ3v) is 9.14. The third kappa shape index (κ3) is 8.37. The number of hydrogen-bond acceptors (Lipinski definition) is 6. The zero-order valence-electron chi connectivity index (χ0n) is 24.1. The standard InChI is InChI=1S/C34H38O6S/c1-4-8-28(23-34(35)38-3)26-13-15-30(16-14-26)40-24-25-11-12-27-9-6-10-29-22-31(17-18-32(29)33(27)21-25)39-19-7-20-41(36,37)5-2/h11-18,21-22,28H,5-7,9-10,19-20,23-24H2,1-3H3. The summed E-state index contributed by atoms with van der Waals surface area (Å²) in [7, 11) is -1.59. The van der Waals surface area contributed by atoms with E-state index in [0.717, 1.165) is 41.9 Å². The lowest BCUT2D eigenvalue weighted by Gasteiger charge is -2.15. The van der Waals surface area contributed by atoms with Crippen molar-refractivity contribution in [3.63, 3.8) is 0 Å². The Kier molecular flexibility index (Phi) is 10.5. The molecule has 0 bridgehead atoms. The number of fused-ring (bicyclic) bond motifs is 3. The van der Waals surface area contributed by atoms with Crippen LogP contribution in [0.2, 0.25) is 0 Å². The SMILES string of the molecule is CC#CC(CC(=O)OC)c1ccc(OCc2ccc3c(c2)-c2ccc(OCCCS(=O)(=O)CC)cc2CCC3)cc1. The Morgan fingerprint density at radius 2 is 1.68 bits per heavy atom. The van der Waals surface area contributed by atoms with E-state index in [1.165, 1.54) is 29.4 Å². The Labute approximate surface area is 244 Å². The number of sulfone groups is 1. The van der Waals surface area contributed by atoms with Gasteiger partial charge in [-0.05, 0) is 96.3 Å². The van der Waals surface area contributed by atoms with Gasteiger partial charge >= 0.3 is 5.97 Å². The van der Waals surface area contributed by atoms with Gasteiger partial charge in [0.2, 0.25) is 0 Å². The fourth-order valence-corrected chi connectivity index (χ4v) is 5.88. The van der Waals surface area contributed by atoms with Crippen LogP contribution >= 0.6 is 0 Å². The molecule has 1 aliphatic rings. The first-order valence-corrected chi connectivity index (χ1v) is 15.9. The van der Waals surface area contributed by atoms with Gasteiger partial charge in [0.1, 0.15) is 27.9 Å². The van der Waals surface area contributed by atoms with E-state index in [0.29, 0.717) is 19.6 Å². The molecular weight excluding hydrogens is 536 g/mol. The molecule has 0 amide bonds. The van der Waals surface area contributed by atoms with Crippen molar-refractivity contribution < 1.29 is 27.4 Å². The lowest BCUT2D eigenvalue weighted by atomic mass is 9.95. The summed E-state index contributed by atoms with van der Waals surface area (Å²) in [5.41, 5.74) is 7.03. The van der Waals surface area contributed by atoms with E-state index >= 15 is 0 Å². The summed E-state index contributed by atoms with van der Waals surface area (Å²) in [6.07, 6.45) is 3.72. The average Bonchev–Trinajstić information content (AvgIpc) is 3.17. The minimum atomic E-state index is -2.98. The second-order valence-corrected chi connectivity index (χ2v) is 12.7. The number of aryl methyl sites for hydroxylation is 2. The highest BCUT2D eigenvalue weighted by atomic mass is 32.2. The molecule has 0 saturated heterocycles. The van der Waals surface area contributed by atoms with Gasteiger partial charge in [0.15, 0.2) is 0 Å². The number of hydrogen-bond donors (Lipinski definition) is 0. The van der Waals surface area contributed by atoms with Gasteiger partial charge < -0.3 is 14.2 Å². The first-order valence-electron chi connectivity index (χ1n) is 14.1. The molecule has 0 N–H and O–H groups in total. The van der Waals surface area contributed by atoms with Crippen molar-refractivity contribution in [3.05, 3.63) is 82.9 Å². The van der Waals surface area contributed by atoms with Crippen LogP contribution in [0.25, 0.3) is 11.1 Å². The molecule has 0 saturated carbocycles. The van der Waals surface area contributed by atoms with E-state index in [1.807, 2.05) is 30.3 Å². The van der Waals surface area contributed by atoms with Crippen LogP contribution < -0.4 is 9.47 Å². The minimum Gasteiger partial charge on any atom is -0.494 e. The fraction of sp³-hybridized carbons (Fsp3) is 0.382. The van der Waals surface area contributed by atoms with E-state index in [1.54, 1.807) is 13.8 Å². The van der Waals surface area contributed by atoms with Crippen LogP contribution in [-0.2, 0) is 38.8 Å². The lowest BCUT2D eigenvalue weighted by molar-refractivity contribution is -0.140. The number of ether oxygens (including phenoxy) is 3. The summed E-state index contributed by atoms with van der Waals surface area (Å²) in [5, 5.41) is 0. The number of methoxy groups -OCH3 is 1. The van der Waals surface area contributed by atoms with Gasteiger partial charge in [-0.3, -0.25) is 4.79 Å². The van der Waals surface area contributed by atoms with Gasteiger partial charge in [-0.25, -0.2) is 8.42 Å². The van der Waals surface area contributed by atoms with Crippen molar-refractivity contribution in [2.75, 3.05) is 25.2 Å². The molecule has 4 rings (SSSR count). The second kappa shape index (κ2) is 14.2. The number of esters is 1. The number of carbonyl (C=O) groups excluding carboxylic acids is 1.